The van der Waals surface area contributed by atoms with Crippen molar-refractivity contribution in [1.82, 2.24) is 0 Å². The van der Waals surface area contributed by atoms with E-state index >= 15 is 0 Å². The molecule has 0 amide bonds. The molecule has 4 heteroatoms. The molecule has 0 bridgehead atoms. The summed E-state index contributed by atoms with van der Waals surface area (Å²) in [5, 5.41) is 0. The molecule has 0 N–H and O–H groups in total. The fraction of sp³-hybridized carbons (Fsp3) is 0.231. The van der Waals surface area contributed by atoms with Crippen LogP contribution in [0.25, 0.3) is 5.57 Å². The summed E-state index contributed by atoms with van der Waals surface area (Å²) in [4.78, 5) is 0. The lowest BCUT2D eigenvalue weighted by molar-refractivity contribution is 0.242. The first-order valence-corrected chi connectivity index (χ1v) is 11.4. The van der Waals surface area contributed by atoms with E-state index in [0.717, 1.165) is 42.6 Å². The zero-order chi connectivity index (χ0) is 20.8. The summed E-state index contributed by atoms with van der Waals surface area (Å²) in [6, 6.07) is 23.3. The van der Waals surface area contributed by atoms with Crippen molar-refractivity contribution < 1.29 is 13.9 Å². The van der Waals surface area contributed by atoms with E-state index in [-0.39, 0.29) is 11.9 Å². The Morgan fingerprint density at radius 1 is 0.900 bits per heavy atom. The van der Waals surface area contributed by atoms with E-state index in [1.165, 1.54) is 11.6 Å². The van der Waals surface area contributed by atoms with E-state index in [0.29, 0.717) is 15.9 Å². The van der Waals surface area contributed by atoms with Gasteiger partial charge >= 0.3 is 0 Å². The molecule has 0 heterocycles. The molecule has 1 aliphatic carbocycles. The maximum atomic E-state index is 14.0. The minimum atomic E-state index is -0.243. The standard InChI is InChI=1S/C26H24FIO2/c27-23-11-7-13-25(26(23)28)30-24-12-6-2-5-10-22(24)20-14-16-21(17-15-20)29-18-19-8-3-1-4-9-19/h1,3-4,7-11,13-17,24H,2,5-6,12,18H2/t24-/m0/s1. The smallest absolute Gasteiger partial charge is 0.140 e. The van der Waals surface area contributed by atoms with Gasteiger partial charge in [0.25, 0.3) is 0 Å². The summed E-state index contributed by atoms with van der Waals surface area (Å²) in [7, 11) is 0. The quantitative estimate of drug-likeness (QED) is 0.319. The van der Waals surface area contributed by atoms with Gasteiger partial charge in [-0.15, -0.1) is 0 Å². The van der Waals surface area contributed by atoms with Gasteiger partial charge in [0.1, 0.15) is 30.0 Å². The molecule has 0 saturated carbocycles. The topological polar surface area (TPSA) is 18.5 Å². The van der Waals surface area contributed by atoms with Crippen molar-refractivity contribution in [1.29, 1.82) is 0 Å². The fourth-order valence-corrected chi connectivity index (χ4v) is 4.14. The number of benzene rings is 3. The molecule has 3 aromatic rings. The highest BCUT2D eigenvalue weighted by Gasteiger charge is 2.21. The van der Waals surface area contributed by atoms with E-state index < -0.39 is 0 Å². The lowest BCUT2D eigenvalue weighted by atomic mass is 9.98. The van der Waals surface area contributed by atoms with Crippen molar-refractivity contribution >= 4 is 28.2 Å². The van der Waals surface area contributed by atoms with E-state index in [1.807, 2.05) is 59.0 Å². The van der Waals surface area contributed by atoms with Crippen molar-refractivity contribution in [3.63, 3.8) is 0 Å². The van der Waals surface area contributed by atoms with Crippen LogP contribution in [-0.2, 0) is 6.61 Å². The number of ether oxygens (including phenoxy) is 2. The second-order valence-electron chi connectivity index (χ2n) is 7.40. The number of halogens is 2. The van der Waals surface area contributed by atoms with Crippen LogP contribution in [0.2, 0.25) is 0 Å². The van der Waals surface area contributed by atoms with Crippen LogP contribution in [0.3, 0.4) is 0 Å². The predicted octanol–water partition coefficient (Wildman–Crippen LogP) is 7.41. The van der Waals surface area contributed by atoms with Gasteiger partial charge in [-0.05, 0) is 89.2 Å². The molecule has 0 radical (unpaired) electrons. The van der Waals surface area contributed by atoms with E-state index in [4.69, 9.17) is 9.47 Å². The summed E-state index contributed by atoms with van der Waals surface area (Å²) >= 11 is 2.01. The van der Waals surface area contributed by atoms with Crippen LogP contribution in [0.1, 0.15) is 36.8 Å². The average molecular weight is 514 g/mol. The first kappa shape index (κ1) is 20.9. The normalized spacial score (nSPS) is 16.5. The summed E-state index contributed by atoms with van der Waals surface area (Å²) in [5.74, 6) is 1.21. The second kappa shape index (κ2) is 10.1. The number of hydrogen-bond donors (Lipinski definition) is 0. The van der Waals surface area contributed by atoms with Gasteiger partial charge in [0, 0.05) is 0 Å². The SMILES string of the molecule is Fc1cccc(O[C@H]2CCCCC=C2c2ccc(OCc3ccccc3)cc2)c1I. The highest BCUT2D eigenvalue weighted by Crippen LogP contribution is 2.33. The van der Waals surface area contributed by atoms with Gasteiger partial charge in [-0.2, -0.15) is 0 Å². The summed E-state index contributed by atoms with van der Waals surface area (Å²) in [5.41, 5.74) is 3.44. The molecule has 3 aromatic carbocycles. The number of allylic oxidation sites excluding steroid dienone is 1. The zero-order valence-electron chi connectivity index (χ0n) is 16.7. The van der Waals surface area contributed by atoms with Crippen LogP contribution < -0.4 is 9.47 Å². The van der Waals surface area contributed by atoms with Crippen molar-refractivity contribution in [2.45, 2.75) is 38.4 Å². The van der Waals surface area contributed by atoms with E-state index in [1.54, 1.807) is 6.07 Å². The average Bonchev–Trinajstić information content (AvgIpc) is 3.02. The molecule has 0 aromatic heterocycles. The second-order valence-corrected chi connectivity index (χ2v) is 8.48. The first-order valence-electron chi connectivity index (χ1n) is 10.3. The van der Waals surface area contributed by atoms with Crippen LogP contribution in [0.4, 0.5) is 4.39 Å². The largest absolute Gasteiger partial charge is 0.489 e. The van der Waals surface area contributed by atoms with Gasteiger partial charge in [0.05, 0.1) is 3.57 Å². The minimum Gasteiger partial charge on any atom is -0.489 e. The maximum absolute atomic E-state index is 14.0. The molecule has 2 nitrogen and oxygen atoms in total. The molecule has 30 heavy (non-hydrogen) atoms. The molecule has 0 spiro atoms. The summed E-state index contributed by atoms with van der Waals surface area (Å²) in [6.45, 7) is 0.548. The van der Waals surface area contributed by atoms with E-state index in [9.17, 15) is 4.39 Å². The highest BCUT2D eigenvalue weighted by atomic mass is 127. The molecule has 154 valence electrons. The van der Waals surface area contributed by atoms with Crippen molar-refractivity contribution in [3.05, 3.63) is 99.4 Å². The Labute approximate surface area is 190 Å². The van der Waals surface area contributed by atoms with Gasteiger partial charge in [0.15, 0.2) is 0 Å². The molecule has 0 fully saturated rings. The molecule has 4 rings (SSSR count). The highest BCUT2D eigenvalue weighted by molar-refractivity contribution is 14.1. The molecular formula is C26H24FIO2. The van der Waals surface area contributed by atoms with Crippen LogP contribution in [0.15, 0.2) is 78.9 Å². The van der Waals surface area contributed by atoms with Crippen molar-refractivity contribution in [2.24, 2.45) is 0 Å². The van der Waals surface area contributed by atoms with Gasteiger partial charge in [-0.25, -0.2) is 4.39 Å². The summed E-state index contributed by atoms with van der Waals surface area (Å²) < 4.78 is 26.7. The Hall–Kier alpha value is -2.34. The van der Waals surface area contributed by atoms with Gasteiger partial charge in [0.2, 0.25) is 0 Å². The Kier molecular flexibility index (Phi) is 7.05. The first-order chi connectivity index (χ1) is 14.7. The van der Waals surface area contributed by atoms with Crippen LogP contribution >= 0.6 is 22.6 Å². The van der Waals surface area contributed by atoms with Crippen molar-refractivity contribution in [2.75, 3.05) is 0 Å². The molecular weight excluding hydrogens is 490 g/mol. The Bertz CT molecular complexity index is 999. The van der Waals surface area contributed by atoms with Crippen LogP contribution in [0.5, 0.6) is 11.5 Å². The van der Waals surface area contributed by atoms with Crippen LogP contribution in [0, 0.1) is 9.39 Å². The fourth-order valence-electron chi connectivity index (χ4n) is 3.66. The lowest BCUT2D eigenvalue weighted by Gasteiger charge is -2.22. The van der Waals surface area contributed by atoms with Gasteiger partial charge in [-0.3, -0.25) is 0 Å². The Morgan fingerprint density at radius 2 is 1.70 bits per heavy atom. The third-order valence-electron chi connectivity index (χ3n) is 5.25. The molecule has 0 aliphatic heterocycles. The Morgan fingerprint density at radius 3 is 2.50 bits per heavy atom. The molecule has 1 atom stereocenters. The molecule has 0 unspecified atom stereocenters. The van der Waals surface area contributed by atoms with E-state index in [2.05, 4.69) is 30.3 Å². The maximum Gasteiger partial charge on any atom is 0.140 e. The molecule has 1 aliphatic rings. The third kappa shape index (κ3) is 5.22. The van der Waals surface area contributed by atoms with Crippen molar-refractivity contribution in [3.8, 4) is 11.5 Å². The zero-order valence-corrected chi connectivity index (χ0v) is 18.8. The summed E-state index contributed by atoms with van der Waals surface area (Å²) in [6.07, 6.45) is 6.37. The number of hydrogen-bond acceptors (Lipinski definition) is 2. The third-order valence-corrected chi connectivity index (χ3v) is 6.30. The molecule has 0 saturated heterocycles. The van der Waals surface area contributed by atoms with Gasteiger partial charge in [-0.1, -0.05) is 54.6 Å². The monoisotopic (exact) mass is 514 g/mol. The predicted molar refractivity (Wildman–Crippen MR) is 127 cm³/mol. The lowest BCUT2D eigenvalue weighted by Crippen LogP contribution is -2.18. The number of rotatable bonds is 6. The Balaban J connectivity index is 1.49. The van der Waals surface area contributed by atoms with Crippen LogP contribution in [-0.4, -0.2) is 6.10 Å². The van der Waals surface area contributed by atoms with Gasteiger partial charge < -0.3 is 9.47 Å². The minimum absolute atomic E-state index is 0.0843.